The zero-order valence-electron chi connectivity index (χ0n) is 11.4. The fourth-order valence-electron chi connectivity index (χ4n) is 1.78. The molecule has 2 N–H and O–H groups in total. The van der Waals surface area contributed by atoms with Crippen LogP contribution in [0.5, 0.6) is 0 Å². The van der Waals surface area contributed by atoms with E-state index in [1.165, 1.54) is 11.3 Å². The van der Waals surface area contributed by atoms with E-state index in [0.717, 1.165) is 10.0 Å². The van der Waals surface area contributed by atoms with Crippen molar-refractivity contribution in [1.29, 1.82) is 0 Å². The second kappa shape index (κ2) is 7.38. The van der Waals surface area contributed by atoms with Gasteiger partial charge >= 0.3 is 0 Å². The molecule has 2 amide bonds. The highest BCUT2D eigenvalue weighted by Crippen LogP contribution is 2.16. The predicted molar refractivity (Wildman–Crippen MR) is 87.4 cm³/mol. The smallest absolute Gasteiger partial charge is 0.252 e. The third-order valence-electron chi connectivity index (χ3n) is 2.94. The Morgan fingerprint density at radius 2 is 1.95 bits per heavy atom. The molecule has 110 valence electrons. The minimum absolute atomic E-state index is 0.0322. The Morgan fingerprint density at radius 1 is 1.24 bits per heavy atom. The van der Waals surface area contributed by atoms with Crippen molar-refractivity contribution in [3.8, 4) is 0 Å². The molecular formula is C15H15BrN2O2S. The summed E-state index contributed by atoms with van der Waals surface area (Å²) in [6.07, 6.45) is 0. The van der Waals surface area contributed by atoms with Crippen molar-refractivity contribution in [2.24, 2.45) is 0 Å². The zero-order chi connectivity index (χ0) is 15.2. The van der Waals surface area contributed by atoms with E-state index in [4.69, 9.17) is 0 Å². The molecule has 0 saturated carbocycles. The quantitative estimate of drug-likeness (QED) is 0.853. The molecule has 1 unspecified atom stereocenters. The Kier molecular flexibility index (Phi) is 5.52. The molecule has 0 radical (unpaired) electrons. The molecule has 1 aromatic heterocycles. The number of rotatable bonds is 5. The van der Waals surface area contributed by atoms with Crippen LogP contribution in [-0.2, 0) is 4.79 Å². The summed E-state index contributed by atoms with van der Waals surface area (Å²) >= 11 is 4.82. The number of hydrogen-bond acceptors (Lipinski definition) is 3. The fraction of sp³-hybridized carbons (Fsp3) is 0.200. The Bertz CT molecular complexity index is 611. The van der Waals surface area contributed by atoms with Gasteiger partial charge in [-0.25, -0.2) is 0 Å². The van der Waals surface area contributed by atoms with Gasteiger partial charge in [0.1, 0.15) is 0 Å². The van der Waals surface area contributed by atoms with Crippen molar-refractivity contribution in [2.45, 2.75) is 13.0 Å². The number of halogens is 1. The first-order valence-corrected chi connectivity index (χ1v) is 8.15. The molecule has 4 nitrogen and oxygen atoms in total. The van der Waals surface area contributed by atoms with E-state index >= 15 is 0 Å². The third-order valence-corrected chi connectivity index (χ3v) is 4.15. The van der Waals surface area contributed by atoms with E-state index in [9.17, 15) is 9.59 Å². The lowest BCUT2D eigenvalue weighted by atomic mass is 10.1. The van der Waals surface area contributed by atoms with Gasteiger partial charge in [0.15, 0.2) is 0 Å². The van der Waals surface area contributed by atoms with Gasteiger partial charge in [0.25, 0.3) is 5.91 Å². The second-order valence-corrected chi connectivity index (χ2v) is 6.23. The van der Waals surface area contributed by atoms with Crippen LogP contribution in [-0.4, -0.2) is 18.4 Å². The SMILES string of the molecule is CC(NC(=O)CNC(=O)c1ccsc1)c1ccc(Br)cc1. The van der Waals surface area contributed by atoms with Gasteiger partial charge in [0.2, 0.25) is 5.91 Å². The number of carbonyl (C=O) groups is 2. The van der Waals surface area contributed by atoms with Crippen molar-refractivity contribution < 1.29 is 9.59 Å². The average molecular weight is 367 g/mol. The summed E-state index contributed by atoms with van der Waals surface area (Å²) in [5, 5.41) is 9.02. The van der Waals surface area contributed by atoms with Crippen molar-refractivity contribution in [2.75, 3.05) is 6.54 Å². The molecule has 1 heterocycles. The summed E-state index contributed by atoms with van der Waals surface area (Å²) < 4.78 is 0.993. The zero-order valence-corrected chi connectivity index (χ0v) is 13.8. The van der Waals surface area contributed by atoms with Crippen LogP contribution in [0.25, 0.3) is 0 Å². The lowest BCUT2D eigenvalue weighted by molar-refractivity contribution is -0.120. The standard InChI is InChI=1S/C15H15BrN2O2S/c1-10(11-2-4-13(16)5-3-11)18-14(19)8-17-15(20)12-6-7-21-9-12/h2-7,9-10H,8H2,1H3,(H,17,20)(H,18,19). The van der Waals surface area contributed by atoms with Gasteiger partial charge in [-0.15, -0.1) is 0 Å². The van der Waals surface area contributed by atoms with E-state index < -0.39 is 0 Å². The summed E-state index contributed by atoms with van der Waals surface area (Å²) in [6, 6.07) is 9.36. The predicted octanol–water partition coefficient (Wildman–Crippen LogP) is 3.12. The fourth-order valence-corrected chi connectivity index (χ4v) is 2.68. The molecule has 2 aromatic rings. The Morgan fingerprint density at radius 3 is 2.57 bits per heavy atom. The number of hydrogen-bond donors (Lipinski definition) is 2. The normalized spacial score (nSPS) is 11.7. The second-order valence-electron chi connectivity index (χ2n) is 4.54. The molecule has 1 aromatic carbocycles. The molecule has 2 rings (SSSR count). The summed E-state index contributed by atoms with van der Waals surface area (Å²) in [5.74, 6) is -0.448. The van der Waals surface area contributed by atoms with Crippen LogP contribution in [0.1, 0.15) is 28.9 Å². The summed E-state index contributed by atoms with van der Waals surface area (Å²) in [6.45, 7) is 1.87. The van der Waals surface area contributed by atoms with Crippen LogP contribution in [0, 0.1) is 0 Å². The number of carbonyl (C=O) groups excluding carboxylic acids is 2. The molecule has 21 heavy (non-hydrogen) atoms. The molecule has 0 aliphatic rings. The van der Waals surface area contributed by atoms with E-state index in [2.05, 4.69) is 26.6 Å². The highest BCUT2D eigenvalue weighted by molar-refractivity contribution is 9.10. The van der Waals surface area contributed by atoms with E-state index in [0.29, 0.717) is 5.56 Å². The van der Waals surface area contributed by atoms with Crippen molar-refractivity contribution >= 4 is 39.1 Å². The molecule has 6 heteroatoms. The van der Waals surface area contributed by atoms with Gasteiger partial charge in [-0.05, 0) is 36.1 Å². The van der Waals surface area contributed by atoms with Crippen LogP contribution in [0.15, 0.2) is 45.6 Å². The number of nitrogens with one attached hydrogen (secondary N) is 2. The maximum absolute atomic E-state index is 11.8. The number of benzene rings is 1. The van der Waals surface area contributed by atoms with E-state index in [-0.39, 0.29) is 24.4 Å². The monoisotopic (exact) mass is 366 g/mol. The molecule has 0 bridgehead atoms. The molecular weight excluding hydrogens is 352 g/mol. The summed E-state index contributed by atoms with van der Waals surface area (Å²) in [5.41, 5.74) is 1.59. The van der Waals surface area contributed by atoms with Gasteiger partial charge in [-0.3, -0.25) is 9.59 Å². The lowest BCUT2D eigenvalue weighted by Gasteiger charge is -2.14. The van der Waals surface area contributed by atoms with E-state index in [1.54, 1.807) is 11.4 Å². The molecule has 0 spiro atoms. The van der Waals surface area contributed by atoms with E-state index in [1.807, 2.05) is 36.6 Å². The van der Waals surface area contributed by atoms with Gasteiger partial charge in [0.05, 0.1) is 12.6 Å². The Balaban J connectivity index is 1.81. The van der Waals surface area contributed by atoms with Crippen molar-refractivity contribution in [1.82, 2.24) is 10.6 Å². The molecule has 0 aliphatic heterocycles. The number of amides is 2. The maximum atomic E-state index is 11.8. The van der Waals surface area contributed by atoms with Crippen LogP contribution >= 0.6 is 27.3 Å². The summed E-state index contributed by atoms with van der Waals surface area (Å²) in [4.78, 5) is 23.5. The average Bonchev–Trinajstić information content (AvgIpc) is 2.99. The van der Waals surface area contributed by atoms with Crippen LogP contribution in [0.4, 0.5) is 0 Å². The first kappa shape index (κ1) is 15.7. The van der Waals surface area contributed by atoms with Gasteiger partial charge < -0.3 is 10.6 Å². The minimum Gasteiger partial charge on any atom is -0.348 e. The van der Waals surface area contributed by atoms with Crippen molar-refractivity contribution in [3.63, 3.8) is 0 Å². The molecule has 0 aliphatic carbocycles. The minimum atomic E-state index is -0.234. The van der Waals surface area contributed by atoms with Gasteiger partial charge in [-0.2, -0.15) is 11.3 Å². The maximum Gasteiger partial charge on any atom is 0.252 e. The van der Waals surface area contributed by atoms with Crippen LogP contribution < -0.4 is 10.6 Å². The largest absolute Gasteiger partial charge is 0.348 e. The van der Waals surface area contributed by atoms with Gasteiger partial charge in [0, 0.05) is 15.4 Å². The molecule has 0 saturated heterocycles. The first-order valence-electron chi connectivity index (χ1n) is 6.41. The third kappa shape index (κ3) is 4.68. The highest BCUT2D eigenvalue weighted by atomic mass is 79.9. The van der Waals surface area contributed by atoms with Gasteiger partial charge in [-0.1, -0.05) is 28.1 Å². The first-order chi connectivity index (χ1) is 10.1. The van der Waals surface area contributed by atoms with Crippen LogP contribution in [0.2, 0.25) is 0 Å². The number of thiophene rings is 1. The lowest BCUT2D eigenvalue weighted by Crippen LogP contribution is -2.37. The Hall–Kier alpha value is -1.66. The van der Waals surface area contributed by atoms with Crippen LogP contribution in [0.3, 0.4) is 0 Å². The molecule has 1 atom stereocenters. The van der Waals surface area contributed by atoms with Crippen molar-refractivity contribution in [3.05, 3.63) is 56.7 Å². The topological polar surface area (TPSA) is 58.2 Å². The molecule has 0 fully saturated rings. The Labute approximate surface area is 135 Å². The summed E-state index contributed by atoms with van der Waals surface area (Å²) in [7, 11) is 0. The highest BCUT2D eigenvalue weighted by Gasteiger charge is 2.11.